The molecular formula is C39H52N4O5S. The zero-order valence-corrected chi connectivity index (χ0v) is 30.3. The van der Waals surface area contributed by atoms with Gasteiger partial charge in [-0.15, -0.1) is 11.3 Å². The molecule has 2 aromatic heterocycles. The summed E-state index contributed by atoms with van der Waals surface area (Å²) in [5.74, 6) is 2.33. The van der Waals surface area contributed by atoms with Gasteiger partial charge in [-0.3, -0.25) is 9.69 Å². The minimum absolute atomic E-state index is 0.0683. The summed E-state index contributed by atoms with van der Waals surface area (Å²) < 4.78 is 10.9. The molecule has 1 aromatic carbocycles. The number of amides is 2. The van der Waals surface area contributed by atoms with E-state index in [2.05, 4.69) is 55.3 Å². The van der Waals surface area contributed by atoms with Gasteiger partial charge in [0.05, 0.1) is 30.2 Å². The van der Waals surface area contributed by atoms with Gasteiger partial charge in [0, 0.05) is 37.3 Å². The van der Waals surface area contributed by atoms with E-state index in [1.165, 1.54) is 11.1 Å². The van der Waals surface area contributed by atoms with Crippen LogP contribution in [0.15, 0.2) is 42.7 Å². The van der Waals surface area contributed by atoms with Gasteiger partial charge in [0.15, 0.2) is 0 Å². The minimum Gasteiger partial charge on any atom is -0.496 e. The van der Waals surface area contributed by atoms with Crippen LogP contribution in [0, 0.1) is 24.2 Å². The summed E-state index contributed by atoms with van der Waals surface area (Å²) in [4.78, 5) is 39.1. The summed E-state index contributed by atoms with van der Waals surface area (Å²) in [5.41, 5.74) is 3.93. The molecule has 2 N–H and O–H groups in total. The Labute approximate surface area is 294 Å². The van der Waals surface area contributed by atoms with Crippen LogP contribution in [-0.2, 0) is 14.9 Å². The van der Waals surface area contributed by atoms with E-state index in [9.17, 15) is 9.59 Å². The highest BCUT2D eigenvalue weighted by Gasteiger charge is 2.51. The zero-order valence-electron chi connectivity index (χ0n) is 29.5. The van der Waals surface area contributed by atoms with Gasteiger partial charge in [-0.25, -0.2) is 14.8 Å². The average Bonchev–Trinajstić information content (AvgIpc) is 3.64. The van der Waals surface area contributed by atoms with Gasteiger partial charge in [0.2, 0.25) is 5.91 Å². The number of nitrogens with one attached hydrogen (secondary N) is 1. The summed E-state index contributed by atoms with van der Waals surface area (Å²) >= 11 is 1.71. The van der Waals surface area contributed by atoms with Gasteiger partial charge < -0.3 is 19.9 Å². The number of ether oxygens (including phenoxy) is 2. The number of rotatable bonds is 12. The van der Waals surface area contributed by atoms with E-state index in [-0.39, 0.29) is 41.7 Å². The van der Waals surface area contributed by atoms with Gasteiger partial charge in [0.25, 0.3) is 0 Å². The molecule has 0 radical (unpaired) electrons. The Morgan fingerprint density at radius 1 is 1.04 bits per heavy atom. The van der Waals surface area contributed by atoms with Crippen molar-refractivity contribution in [2.75, 3.05) is 38.3 Å². The minimum atomic E-state index is -0.504. The number of carbonyl (C=O) groups is 2. The average molecular weight is 689 g/mol. The normalized spacial score (nSPS) is 24.9. The molecule has 0 spiro atoms. The lowest BCUT2D eigenvalue weighted by Gasteiger charge is -2.55. The van der Waals surface area contributed by atoms with Crippen molar-refractivity contribution in [3.63, 3.8) is 0 Å². The van der Waals surface area contributed by atoms with Gasteiger partial charge in [-0.1, -0.05) is 26.0 Å². The second-order valence-corrected chi connectivity index (χ2v) is 16.0. The molecule has 2 bridgehead atoms. The number of nitrogens with zero attached hydrogens (tertiary/aromatic N) is 3. The third-order valence-electron chi connectivity index (χ3n) is 11.5. The maximum Gasteiger partial charge on any atom is 0.407 e. The smallest absolute Gasteiger partial charge is 0.407 e. The Balaban J connectivity index is 1.20. The Morgan fingerprint density at radius 2 is 1.78 bits per heavy atom. The Kier molecular flexibility index (Phi) is 10.9. The van der Waals surface area contributed by atoms with Crippen LogP contribution in [0.1, 0.15) is 100 Å². The Hall–Kier alpha value is -3.50. The van der Waals surface area contributed by atoms with Gasteiger partial charge >= 0.3 is 6.09 Å². The monoisotopic (exact) mass is 688 g/mol. The number of benzene rings is 1. The summed E-state index contributed by atoms with van der Waals surface area (Å²) in [6.07, 6.45) is 13.1. The zero-order chi connectivity index (χ0) is 34.6. The number of anilines is 1. The van der Waals surface area contributed by atoms with E-state index >= 15 is 0 Å². The van der Waals surface area contributed by atoms with Crippen molar-refractivity contribution >= 4 is 29.2 Å². The highest BCUT2D eigenvalue weighted by Crippen LogP contribution is 2.58. The molecule has 4 fully saturated rings. The van der Waals surface area contributed by atoms with Crippen molar-refractivity contribution in [2.24, 2.45) is 17.3 Å². The molecule has 0 saturated heterocycles. The van der Waals surface area contributed by atoms with E-state index in [0.29, 0.717) is 19.1 Å². The first-order valence-electron chi connectivity index (χ1n) is 18.0. The number of thiazole rings is 1. The molecule has 4 aliphatic carbocycles. The molecule has 4 aliphatic rings. The van der Waals surface area contributed by atoms with Crippen LogP contribution in [0.4, 0.5) is 10.6 Å². The van der Waals surface area contributed by atoms with Crippen molar-refractivity contribution in [1.29, 1.82) is 0 Å². The standard InChI is InChI=1S/C39H52N4O5S/c1-26(2)35-42-23-33(49-35)30-11-18-40-34(22-30)43(36(45)29-7-5-28(6-8-29)24-48-37(46)41-19-20-44)25-38-12-15-39(16-13-38,17-14-38)31-9-10-32(47-4)27(3)21-31/h9-11,18,21-23,26,28-29,44H,5-8,12-17,19-20,24-25H2,1-4H3,(H,41,46). The van der Waals surface area contributed by atoms with E-state index in [4.69, 9.17) is 19.6 Å². The van der Waals surface area contributed by atoms with E-state index < -0.39 is 6.09 Å². The van der Waals surface area contributed by atoms with Crippen molar-refractivity contribution in [1.82, 2.24) is 15.3 Å². The molecule has 49 heavy (non-hydrogen) atoms. The second kappa shape index (κ2) is 15.2. The molecule has 0 unspecified atom stereocenters. The molecule has 264 valence electrons. The van der Waals surface area contributed by atoms with Crippen molar-refractivity contribution in [3.05, 3.63) is 58.9 Å². The van der Waals surface area contributed by atoms with Crippen LogP contribution in [-0.4, -0.2) is 60.5 Å². The number of aliphatic hydroxyl groups is 1. The van der Waals surface area contributed by atoms with Crippen LogP contribution in [0.5, 0.6) is 5.75 Å². The van der Waals surface area contributed by atoms with Crippen LogP contribution < -0.4 is 15.0 Å². The third-order valence-corrected chi connectivity index (χ3v) is 12.9. The van der Waals surface area contributed by atoms with Crippen LogP contribution in [0.3, 0.4) is 0 Å². The molecule has 3 aromatic rings. The predicted octanol–water partition coefficient (Wildman–Crippen LogP) is 7.80. The lowest BCUT2D eigenvalue weighted by Crippen LogP contribution is -2.52. The molecule has 0 atom stereocenters. The van der Waals surface area contributed by atoms with E-state index in [1.807, 2.05) is 23.4 Å². The quantitative estimate of drug-likeness (QED) is 0.200. The predicted molar refractivity (Wildman–Crippen MR) is 193 cm³/mol. The molecule has 9 nitrogen and oxygen atoms in total. The third kappa shape index (κ3) is 7.80. The number of fused-ring (bicyclic) bond motifs is 3. The first-order valence-corrected chi connectivity index (χ1v) is 18.9. The van der Waals surface area contributed by atoms with Gasteiger partial charge in [-0.05, 0) is 123 Å². The molecule has 7 rings (SSSR count). The van der Waals surface area contributed by atoms with Gasteiger partial charge in [-0.2, -0.15) is 0 Å². The molecule has 10 heteroatoms. The number of carbonyl (C=O) groups excluding carboxylic acids is 2. The van der Waals surface area contributed by atoms with Crippen molar-refractivity contribution < 1.29 is 24.2 Å². The number of aromatic nitrogens is 2. The summed E-state index contributed by atoms with van der Waals surface area (Å²) in [6, 6.07) is 10.8. The van der Waals surface area contributed by atoms with Gasteiger partial charge in [0.1, 0.15) is 11.6 Å². The summed E-state index contributed by atoms with van der Waals surface area (Å²) in [7, 11) is 1.73. The van der Waals surface area contributed by atoms with Crippen LogP contribution >= 0.6 is 11.3 Å². The highest BCUT2D eigenvalue weighted by molar-refractivity contribution is 7.15. The van der Waals surface area contributed by atoms with Crippen molar-refractivity contribution in [3.8, 4) is 16.2 Å². The van der Waals surface area contributed by atoms with Crippen LogP contribution in [0.25, 0.3) is 10.4 Å². The molecule has 2 heterocycles. The first-order chi connectivity index (χ1) is 23.6. The number of hydrogen-bond acceptors (Lipinski definition) is 8. The van der Waals surface area contributed by atoms with Crippen LogP contribution in [0.2, 0.25) is 0 Å². The molecule has 4 saturated carbocycles. The van der Waals surface area contributed by atoms with E-state index in [0.717, 1.165) is 91.2 Å². The number of pyridine rings is 1. The van der Waals surface area contributed by atoms with Crippen molar-refractivity contribution in [2.45, 2.75) is 96.3 Å². The number of hydrogen-bond donors (Lipinski definition) is 2. The largest absolute Gasteiger partial charge is 0.496 e. The first kappa shape index (κ1) is 35.3. The fraction of sp³-hybridized carbons (Fsp3) is 0.590. The number of aryl methyl sites for hydroxylation is 1. The second-order valence-electron chi connectivity index (χ2n) is 15.0. The molecule has 0 aliphatic heterocycles. The Bertz CT molecular complexity index is 1590. The lowest BCUT2D eigenvalue weighted by atomic mass is 9.51. The fourth-order valence-corrected chi connectivity index (χ4v) is 9.27. The number of alkyl carbamates (subject to hydrolysis) is 1. The topological polar surface area (TPSA) is 114 Å². The fourth-order valence-electron chi connectivity index (χ4n) is 8.36. The maximum absolute atomic E-state index is 14.6. The number of aliphatic hydroxyl groups excluding tert-OH is 1. The van der Waals surface area contributed by atoms with E-state index in [1.54, 1.807) is 18.4 Å². The molecule has 2 amide bonds. The highest BCUT2D eigenvalue weighted by atomic mass is 32.1. The molecular weight excluding hydrogens is 637 g/mol. The summed E-state index contributed by atoms with van der Waals surface area (Å²) in [5, 5.41) is 12.6. The lowest BCUT2D eigenvalue weighted by molar-refractivity contribution is -0.124. The Morgan fingerprint density at radius 3 is 2.41 bits per heavy atom. The SMILES string of the molecule is COc1ccc(C23CCC(CN(C(=O)C4CCC(COC(=O)NCCO)CC4)c4cc(-c5cnc(C(C)C)s5)ccn4)(CC2)CC3)cc1C. The summed E-state index contributed by atoms with van der Waals surface area (Å²) in [6.45, 7) is 7.52. The maximum atomic E-state index is 14.6. The number of methoxy groups -OCH3 is 1.